The lowest BCUT2D eigenvalue weighted by Crippen LogP contribution is -2.50. The molecule has 1 amide bonds. The van der Waals surface area contributed by atoms with Crippen LogP contribution in [0.2, 0.25) is 0 Å². The normalized spacial score (nSPS) is 17.7. The Labute approximate surface area is 179 Å². The topological polar surface area (TPSA) is 75.7 Å². The third-order valence-corrected chi connectivity index (χ3v) is 6.46. The monoisotopic (exact) mass is 430 g/mol. The van der Waals surface area contributed by atoms with Crippen LogP contribution in [-0.4, -0.2) is 33.2 Å². The number of anilines is 1. The number of hydrogen-bond donors (Lipinski definition) is 1. The molecule has 2 aromatic carbocycles. The second-order valence-electron chi connectivity index (χ2n) is 8.97. The Morgan fingerprint density at radius 2 is 1.80 bits per heavy atom. The fourth-order valence-electron chi connectivity index (χ4n) is 3.47. The van der Waals surface area contributed by atoms with E-state index >= 15 is 0 Å². The summed E-state index contributed by atoms with van der Waals surface area (Å²) in [4.78, 5) is 12.9. The van der Waals surface area contributed by atoms with E-state index in [0.29, 0.717) is 11.4 Å². The van der Waals surface area contributed by atoms with Gasteiger partial charge in [-0.05, 0) is 48.1 Å². The molecule has 1 heterocycles. The first kappa shape index (κ1) is 22.2. The van der Waals surface area contributed by atoms with Crippen LogP contribution < -0.4 is 14.4 Å². The number of ether oxygens (including phenoxy) is 1. The van der Waals surface area contributed by atoms with Gasteiger partial charge in [-0.3, -0.25) is 9.10 Å². The number of benzene rings is 2. The van der Waals surface area contributed by atoms with E-state index in [2.05, 4.69) is 38.2 Å². The maximum Gasteiger partial charge on any atom is 0.263 e. The van der Waals surface area contributed by atoms with Crippen LogP contribution in [0, 0.1) is 6.92 Å². The molecule has 0 saturated carbocycles. The third-order valence-electron chi connectivity index (χ3n) is 5.31. The van der Waals surface area contributed by atoms with Gasteiger partial charge in [0, 0.05) is 0 Å². The molecule has 1 aliphatic heterocycles. The highest BCUT2D eigenvalue weighted by molar-refractivity contribution is 7.92. The molecular formula is C23H30N2O4S. The van der Waals surface area contributed by atoms with Crippen molar-refractivity contribution in [1.82, 2.24) is 5.32 Å². The zero-order valence-electron chi connectivity index (χ0n) is 18.4. The quantitative estimate of drug-likeness (QED) is 0.803. The average Bonchev–Trinajstić information content (AvgIpc) is 2.65. The van der Waals surface area contributed by atoms with Crippen LogP contribution in [0.15, 0.2) is 42.5 Å². The molecule has 7 heteroatoms. The molecule has 0 radical (unpaired) electrons. The zero-order chi connectivity index (χ0) is 22.3. The van der Waals surface area contributed by atoms with E-state index < -0.39 is 16.1 Å². The number of hydrogen-bond acceptors (Lipinski definition) is 4. The first-order chi connectivity index (χ1) is 13.9. The molecule has 0 unspecified atom stereocenters. The van der Waals surface area contributed by atoms with E-state index in [1.807, 2.05) is 32.0 Å². The molecule has 6 nitrogen and oxygen atoms in total. The Balaban J connectivity index is 1.77. The molecule has 0 fully saturated rings. The first-order valence-electron chi connectivity index (χ1n) is 10.0. The van der Waals surface area contributed by atoms with Crippen molar-refractivity contribution in [2.45, 2.75) is 52.2 Å². The predicted molar refractivity (Wildman–Crippen MR) is 119 cm³/mol. The minimum atomic E-state index is -3.55. The summed E-state index contributed by atoms with van der Waals surface area (Å²) in [6.45, 7) is 10.2. The Kier molecular flexibility index (Phi) is 5.87. The number of amides is 1. The van der Waals surface area contributed by atoms with E-state index in [1.54, 1.807) is 12.1 Å². The molecule has 0 saturated heterocycles. The smallest absolute Gasteiger partial charge is 0.263 e. The van der Waals surface area contributed by atoms with Crippen molar-refractivity contribution in [3.05, 3.63) is 59.2 Å². The van der Waals surface area contributed by atoms with Crippen molar-refractivity contribution >= 4 is 21.6 Å². The number of fused-ring (bicyclic) bond motifs is 1. The molecule has 2 atom stereocenters. The number of aryl methyl sites for hydroxylation is 1. The van der Waals surface area contributed by atoms with Gasteiger partial charge in [0.25, 0.3) is 5.91 Å². The van der Waals surface area contributed by atoms with E-state index in [1.165, 1.54) is 9.87 Å². The van der Waals surface area contributed by atoms with Gasteiger partial charge >= 0.3 is 0 Å². The summed E-state index contributed by atoms with van der Waals surface area (Å²) < 4.78 is 31.7. The lowest BCUT2D eigenvalue weighted by Gasteiger charge is -2.34. The molecule has 0 bridgehead atoms. The van der Waals surface area contributed by atoms with Crippen LogP contribution in [0.3, 0.4) is 0 Å². The van der Waals surface area contributed by atoms with Crippen molar-refractivity contribution in [2.24, 2.45) is 0 Å². The molecular weight excluding hydrogens is 400 g/mol. The number of nitrogens with zero attached hydrogens (tertiary/aromatic N) is 1. The molecule has 0 aliphatic carbocycles. The SMILES string of the molecule is Cc1ccc2c(c1)N(S(C)(=O)=O)C[C@@H](C(=O)N[C@H](C)c1ccc(C(C)(C)C)cc1)O2. The lowest BCUT2D eigenvalue weighted by molar-refractivity contribution is -0.128. The molecule has 3 rings (SSSR count). The largest absolute Gasteiger partial charge is 0.476 e. The van der Waals surface area contributed by atoms with E-state index in [4.69, 9.17) is 4.74 Å². The summed E-state index contributed by atoms with van der Waals surface area (Å²) in [5.74, 6) is 0.0434. The number of carbonyl (C=O) groups is 1. The Morgan fingerprint density at radius 1 is 1.17 bits per heavy atom. The summed E-state index contributed by atoms with van der Waals surface area (Å²) in [5, 5.41) is 2.95. The zero-order valence-corrected chi connectivity index (χ0v) is 19.2. The van der Waals surface area contributed by atoms with Gasteiger partial charge in [0.2, 0.25) is 10.0 Å². The molecule has 162 valence electrons. The third kappa shape index (κ3) is 4.78. The molecule has 1 aliphatic rings. The van der Waals surface area contributed by atoms with Gasteiger partial charge in [-0.2, -0.15) is 0 Å². The van der Waals surface area contributed by atoms with Gasteiger partial charge in [0.05, 0.1) is 24.5 Å². The van der Waals surface area contributed by atoms with Crippen LogP contribution in [-0.2, 0) is 20.2 Å². The number of carbonyl (C=O) groups excluding carboxylic acids is 1. The highest BCUT2D eigenvalue weighted by Gasteiger charge is 2.35. The first-order valence-corrected chi connectivity index (χ1v) is 11.9. The minimum Gasteiger partial charge on any atom is -0.476 e. The van der Waals surface area contributed by atoms with Crippen molar-refractivity contribution in [3.63, 3.8) is 0 Å². The fraction of sp³-hybridized carbons (Fsp3) is 0.435. The molecule has 2 aromatic rings. The van der Waals surface area contributed by atoms with Crippen molar-refractivity contribution in [2.75, 3.05) is 17.1 Å². The Hall–Kier alpha value is -2.54. The van der Waals surface area contributed by atoms with Crippen LogP contribution in [0.5, 0.6) is 5.75 Å². The standard InChI is InChI=1S/C23H30N2O4S/c1-15-7-12-20-19(13-15)25(30(6,27)28)14-21(29-20)22(26)24-16(2)17-8-10-18(11-9-17)23(3,4)5/h7-13,16,21H,14H2,1-6H3,(H,24,26)/t16-,21+/m1/s1. The van der Waals surface area contributed by atoms with Gasteiger partial charge < -0.3 is 10.1 Å². The highest BCUT2D eigenvalue weighted by atomic mass is 32.2. The minimum absolute atomic E-state index is 0.0573. The summed E-state index contributed by atoms with van der Waals surface area (Å²) in [5.41, 5.74) is 3.63. The van der Waals surface area contributed by atoms with Gasteiger partial charge in [0.1, 0.15) is 5.75 Å². The highest BCUT2D eigenvalue weighted by Crippen LogP contribution is 2.36. The molecule has 1 N–H and O–H groups in total. The summed E-state index contributed by atoms with van der Waals surface area (Å²) >= 11 is 0. The van der Waals surface area contributed by atoms with Gasteiger partial charge in [-0.1, -0.05) is 51.1 Å². The van der Waals surface area contributed by atoms with E-state index in [-0.39, 0.29) is 23.9 Å². The maximum atomic E-state index is 12.9. The molecule has 30 heavy (non-hydrogen) atoms. The van der Waals surface area contributed by atoms with Crippen molar-refractivity contribution in [1.29, 1.82) is 0 Å². The Morgan fingerprint density at radius 3 is 2.37 bits per heavy atom. The Bertz CT molecular complexity index is 1040. The predicted octanol–water partition coefficient (Wildman–Crippen LogP) is 3.70. The molecule has 0 aromatic heterocycles. The van der Waals surface area contributed by atoms with E-state index in [0.717, 1.165) is 17.4 Å². The van der Waals surface area contributed by atoms with Crippen LogP contribution in [0.4, 0.5) is 5.69 Å². The number of nitrogens with one attached hydrogen (secondary N) is 1. The lowest BCUT2D eigenvalue weighted by atomic mass is 9.86. The second-order valence-corrected chi connectivity index (χ2v) is 10.9. The average molecular weight is 431 g/mol. The number of rotatable bonds is 4. The van der Waals surface area contributed by atoms with Crippen molar-refractivity contribution in [3.8, 4) is 5.75 Å². The van der Waals surface area contributed by atoms with E-state index in [9.17, 15) is 13.2 Å². The maximum absolute atomic E-state index is 12.9. The molecule has 0 spiro atoms. The van der Waals surface area contributed by atoms with Crippen LogP contribution in [0.1, 0.15) is 50.4 Å². The van der Waals surface area contributed by atoms with Crippen molar-refractivity contribution < 1.29 is 17.9 Å². The number of sulfonamides is 1. The van der Waals surface area contributed by atoms with Crippen LogP contribution in [0.25, 0.3) is 0 Å². The van der Waals surface area contributed by atoms with Crippen LogP contribution >= 0.6 is 0 Å². The fourth-order valence-corrected chi connectivity index (χ4v) is 4.38. The second kappa shape index (κ2) is 7.95. The summed E-state index contributed by atoms with van der Waals surface area (Å²) in [6.07, 6.45) is 0.213. The van der Waals surface area contributed by atoms with Gasteiger partial charge in [0.15, 0.2) is 6.10 Å². The van der Waals surface area contributed by atoms with Gasteiger partial charge in [-0.15, -0.1) is 0 Å². The summed E-state index contributed by atoms with van der Waals surface area (Å²) in [6, 6.07) is 13.2. The summed E-state index contributed by atoms with van der Waals surface area (Å²) in [7, 11) is -3.55. The van der Waals surface area contributed by atoms with Gasteiger partial charge in [-0.25, -0.2) is 8.42 Å².